The van der Waals surface area contributed by atoms with E-state index in [1.165, 1.54) is 0 Å². The summed E-state index contributed by atoms with van der Waals surface area (Å²) in [6.45, 7) is 3.74. The van der Waals surface area contributed by atoms with Gasteiger partial charge < -0.3 is 19.1 Å². The Hall–Kier alpha value is -2.24. The summed E-state index contributed by atoms with van der Waals surface area (Å²) in [5, 5.41) is 0. The summed E-state index contributed by atoms with van der Waals surface area (Å²) < 4.78 is 15.7. The summed E-state index contributed by atoms with van der Waals surface area (Å²) >= 11 is 0. The highest BCUT2D eigenvalue weighted by molar-refractivity contribution is 5.77. The number of fused-ring (bicyclic) bond motifs is 1. The molecule has 0 aliphatic carbocycles. The van der Waals surface area contributed by atoms with Crippen LogP contribution >= 0.6 is 0 Å². The molecular formula is C18H23NO5. The number of rotatable bonds is 5. The zero-order valence-corrected chi connectivity index (χ0v) is 14.0. The summed E-state index contributed by atoms with van der Waals surface area (Å²) in [5.74, 6) is 1.43. The van der Waals surface area contributed by atoms with Crippen LogP contribution in [-0.2, 0) is 20.7 Å². The second kappa shape index (κ2) is 7.55. The molecule has 1 aromatic rings. The molecule has 2 aliphatic rings. The molecule has 0 radical (unpaired) electrons. The largest absolute Gasteiger partial charge is 0.466 e. The number of carbonyl (C=O) groups is 2. The van der Waals surface area contributed by atoms with Crippen LogP contribution in [-0.4, -0.2) is 43.3 Å². The maximum atomic E-state index is 12.4. The molecular weight excluding hydrogens is 310 g/mol. The average Bonchev–Trinajstić information content (AvgIpc) is 3.07. The highest BCUT2D eigenvalue weighted by Crippen LogP contribution is 2.32. The lowest BCUT2D eigenvalue weighted by Crippen LogP contribution is -2.40. The number of esters is 1. The van der Waals surface area contributed by atoms with Gasteiger partial charge in [0.25, 0.3) is 0 Å². The number of hydrogen-bond donors (Lipinski definition) is 0. The number of ether oxygens (including phenoxy) is 3. The van der Waals surface area contributed by atoms with Gasteiger partial charge in [0.15, 0.2) is 11.5 Å². The normalized spacial score (nSPS) is 17.0. The van der Waals surface area contributed by atoms with Crippen molar-refractivity contribution < 1.29 is 23.8 Å². The zero-order chi connectivity index (χ0) is 16.9. The van der Waals surface area contributed by atoms with E-state index >= 15 is 0 Å². The fourth-order valence-corrected chi connectivity index (χ4v) is 3.13. The van der Waals surface area contributed by atoms with Crippen molar-refractivity contribution >= 4 is 11.9 Å². The number of amides is 1. The van der Waals surface area contributed by atoms with E-state index in [2.05, 4.69) is 0 Å². The molecule has 0 atom stereocenters. The molecule has 2 heterocycles. The Balaban J connectivity index is 1.45. The average molecular weight is 333 g/mol. The molecule has 0 aromatic heterocycles. The molecule has 3 rings (SSSR count). The van der Waals surface area contributed by atoms with Gasteiger partial charge in [0.05, 0.1) is 12.5 Å². The summed E-state index contributed by atoms with van der Waals surface area (Å²) in [6, 6.07) is 5.78. The van der Waals surface area contributed by atoms with Gasteiger partial charge in [-0.25, -0.2) is 0 Å². The standard InChI is InChI=1S/C18H23NO5/c1-2-22-18(21)14-7-9-19(10-8-14)17(20)6-4-13-3-5-15-16(11-13)24-12-23-15/h3,5,11,14H,2,4,6-10,12H2,1H3. The van der Waals surface area contributed by atoms with Crippen molar-refractivity contribution in [2.75, 3.05) is 26.5 Å². The minimum atomic E-state index is -0.134. The van der Waals surface area contributed by atoms with Gasteiger partial charge in [-0.3, -0.25) is 9.59 Å². The van der Waals surface area contributed by atoms with Crippen LogP contribution in [0.25, 0.3) is 0 Å². The van der Waals surface area contributed by atoms with Crippen LogP contribution in [0.3, 0.4) is 0 Å². The van der Waals surface area contributed by atoms with E-state index in [9.17, 15) is 9.59 Å². The Bertz CT molecular complexity index is 607. The number of aryl methyl sites for hydroxylation is 1. The third-order valence-electron chi connectivity index (χ3n) is 4.53. The summed E-state index contributed by atoms with van der Waals surface area (Å²) in [7, 11) is 0. The maximum absolute atomic E-state index is 12.4. The molecule has 0 saturated carbocycles. The molecule has 1 saturated heterocycles. The fraction of sp³-hybridized carbons (Fsp3) is 0.556. The van der Waals surface area contributed by atoms with Gasteiger partial charge in [0, 0.05) is 19.5 Å². The second-order valence-corrected chi connectivity index (χ2v) is 6.09. The van der Waals surface area contributed by atoms with Crippen molar-refractivity contribution in [2.24, 2.45) is 5.92 Å². The lowest BCUT2D eigenvalue weighted by Gasteiger charge is -2.31. The Morgan fingerprint density at radius 3 is 2.71 bits per heavy atom. The molecule has 6 nitrogen and oxygen atoms in total. The van der Waals surface area contributed by atoms with Crippen molar-refractivity contribution in [1.82, 2.24) is 4.90 Å². The molecule has 2 aliphatic heterocycles. The molecule has 6 heteroatoms. The first-order chi connectivity index (χ1) is 11.7. The Morgan fingerprint density at radius 2 is 1.96 bits per heavy atom. The van der Waals surface area contributed by atoms with Crippen molar-refractivity contribution in [2.45, 2.75) is 32.6 Å². The lowest BCUT2D eigenvalue weighted by atomic mass is 9.96. The smallest absolute Gasteiger partial charge is 0.309 e. The van der Waals surface area contributed by atoms with Crippen molar-refractivity contribution in [1.29, 1.82) is 0 Å². The van der Waals surface area contributed by atoms with Crippen LogP contribution in [0.4, 0.5) is 0 Å². The fourth-order valence-electron chi connectivity index (χ4n) is 3.13. The number of piperidine rings is 1. The van der Waals surface area contributed by atoms with Gasteiger partial charge in [-0.15, -0.1) is 0 Å². The van der Waals surface area contributed by atoms with Gasteiger partial charge in [-0.1, -0.05) is 6.07 Å². The van der Waals surface area contributed by atoms with Gasteiger partial charge in [-0.2, -0.15) is 0 Å². The van der Waals surface area contributed by atoms with Crippen molar-refractivity contribution in [3.8, 4) is 11.5 Å². The maximum Gasteiger partial charge on any atom is 0.309 e. The molecule has 0 spiro atoms. The molecule has 0 bridgehead atoms. The predicted octanol–water partition coefficient (Wildman–Crippen LogP) is 2.15. The molecule has 1 fully saturated rings. The van der Waals surface area contributed by atoms with E-state index in [0.29, 0.717) is 45.4 Å². The number of hydrogen-bond acceptors (Lipinski definition) is 5. The summed E-state index contributed by atoms with van der Waals surface area (Å²) in [4.78, 5) is 25.9. The molecule has 24 heavy (non-hydrogen) atoms. The SMILES string of the molecule is CCOC(=O)C1CCN(C(=O)CCc2ccc3c(c2)OCO3)CC1. The number of benzene rings is 1. The van der Waals surface area contributed by atoms with E-state index < -0.39 is 0 Å². The second-order valence-electron chi connectivity index (χ2n) is 6.09. The van der Waals surface area contributed by atoms with Crippen LogP contribution in [0.5, 0.6) is 11.5 Å². The monoisotopic (exact) mass is 333 g/mol. The molecule has 1 amide bonds. The first-order valence-electron chi connectivity index (χ1n) is 8.50. The van der Waals surface area contributed by atoms with Crippen LogP contribution < -0.4 is 9.47 Å². The zero-order valence-electron chi connectivity index (χ0n) is 14.0. The Morgan fingerprint density at radius 1 is 1.21 bits per heavy atom. The lowest BCUT2D eigenvalue weighted by molar-refractivity contribution is -0.151. The Labute approximate surface area is 141 Å². The number of likely N-dealkylation sites (tertiary alicyclic amines) is 1. The molecule has 130 valence electrons. The van der Waals surface area contributed by atoms with E-state index in [-0.39, 0.29) is 24.6 Å². The van der Waals surface area contributed by atoms with Gasteiger partial charge in [0.1, 0.15) is 0 Å². The number of carbonyl (C=O) groups excluding carboxylic acids is 2. The van der Waals surface area contributed by atoms with Crippen LogP contribution in [0.2, 0.25) is 0 Å². The Kier molecular flexibility index (Phi) is 5.23. The molecule has 0 unspecified atom stereocenters. The van der Waals surface area contributed by atoms with Crippen LogP contribution in [0, 0.1) is 5.92 Å². The third-order valence-corrected chi connectivity index (χ3v) is 4.53. The topological polar surface area (TPSA) is 65.1 Å². The van der Waals surface area contributed by atoms with E-state index in [0.717, 1.165) is 17.1 Å². The van der Waals surface area contributed by atoms with Crippen LogP contribution in [0.1, 0.15) is 31.7 Å². The van der Waals surface area contributed by atoms with Gasteiger partial charge in [-0.05, 0) is 43.9 Å². The minimum absolute atomic E-state index is 0.0668. The molecule has 0 N–H and O–H groups in total. The highest BCUT2D eigenvalue weighted by atomic mass is 16.7. The van der Waals surface area contributed by atoms with Crippen molar-refractivity contribution in [3.63, 3.8) is 0 Å². The predicted molar refractivity (Wildman–Crippen MR) is 86.8 cm³/mol. The number of nitrogens with zero attached hydrogens (tertiary/aromatic N) is 1. The van der Waals surface area contributed by atoms with Gasteiger partial charge in [0.2, 0.25) is 12.7 Å². The quantitative estimate of drug-likeness (QED) is 0.773. The molecule has 1 aromatic carbocycles. The van der Waals surface area contributed by atoms with Crippen LogP contribution in [0.15, 0.2) is 18.2 Å². The van der Waals surface area contributed by atoms with E-state index in [1.807, 2.05) is 30.0 Å². The first-order valence-corrected chi connectivity index (χ1v) is 8.50. The third kappa shape index (κ3) is 3.80. The van der Waals surface area contributed by atoms with Crippen molar-refractivity contribution in [3.05, 3.63) is 23.8 Å². The van der Waals surface area contributed by atoms with E-state index in [1.54, 1.807) is 0 Å². The minimum Gasteiger partial charge on any atom is -0.466 e. The summed E-state index contributed by atoms with van der Waals surface area (Å²) in [6.07, 6.45) is 2.51. The van der Waals surface area contributed by atoms with E-state index in [4.69, 9.17) is 14.2 Å². The van der Waals surface area contributed by atoms with Gasteiger partial charge >= 0.3 is 5.97 Å². The summed E-state index contributed by atoms with van der Waals surface area (Å²) in [5.41, 5.74) is 1.06. The highest BCUT2D eigenvalue weighted by Gasteiger charge is 2.28. The first kappa shape index (κ1) is 16.6.